The van der Waals surface area contributed by atoms with E-state index in [1.165, 1.54) is 5.69 Å². The average Bonchev–Trinajstić information content (AvgIpc) is 3.52. The number of benzene rings is 3. The number of fused-ring (bicyclic) bond motifs is 1. The molecule has 0 spiro atoms. The fraction of sp³-hybridized carbons (Fsp3) is 0.426. The molecule has 1 unspecified atom stereocenters. The largest absolute Gasteiger partial charge is 0.372 e. The number of aryl methyl sites for hydroxylation is 1. The van der Waals surface area contributed by atoms with Crippen LogP contribution in [0.15, 0.2) is 72.9 Å². The van der Waals surface area contributed by atoms with Crippen LogP contribution in [-0.4, -0.2) is 131 Å². The first-order chi connectivity index (χ1) is 30.5. The van der Waals surface area contributed by atoms with Crippen LogP contribution in [0.3, 0.4) is 0 Å². The average molecular weight is 855 g/mol. The summed E-state index contributed by atoms with van der Waals surface area (Å²) in [6.07, 6.45) is 4.25. The summed E-state index contributed by atoms with van der Waals surface area (Å²) in [6.45, 7) is 13.2. The second-order valence-electron chi connectivity index (χ2n) is 17.4. The van der Waals surface area contributed by atoms with Crippen molar-refractivity contribution in [3.05, 3.63) is 95.2 Å². The van der Waals surface area contributed by atoms with Gasteiger partial charge >= 0.3 is 6.03 Å². The summed E-state index contributed by atoms with van der Waals surface area (Å²) in [5.41, 5.74) is 7.49. The van der Waals surface area contributed by atoms with E-state index in [-0.39, 0.29) is 37.0 Å². The second kappa shape index (κ2) is 17.8. The Labute approximate surface area is 367 Å². The van der Waals surface area contributed by atoms with Gasteiger partial charge < -0.3 is 30.1 Å². The molecule has 0 saturated carbocycles. The lowest BCUT2D eigenvalue weighted by Crippen LogP contribution is -2.58. The number of ether oxygens (including phenoxy) is 1. The number of piperazine rings is 1. The molecule has 1 aromatic heterocycles. The molecular weight excluding hydrogens is 801 g/mol. The third-order valence-corrected chi connectivity index (χ3v) is 12.9. The summed E-state index contributed by atoms with van der Waals surface area (Å²) in [6, 6.07) is 21.3. The Morgan fingerprint density at radius 1 is 0.825 bits per heavy atom. The minimum absolute atomic E-state index is 0.0740. The number of aromatic nitrogens is 2. The lowest BCUT2D eigenvalue weighted by atomic mass is 10.0. The van der Waals surface area contributed by atoms with Crippen molar-refractivity contribution < 1.29 is 28.7 Å². The van der Waals surface area contributed by atoms with E-state index in [0.717, 1.165) is 90.8 Å². The van der Waals surface area contributed by atoms with Crippen LogP contribution >= 0.6 is 0 Å². The molecule has 1 atom stereocenters. The number of urea groups is 1. The maximum atomic E-state index is 13.4. The predicted molar refractivity (Wildman–Crippen MR) is 238 cm³/mol. The van der Waals surface area contributed by atoms with Crippen LogP contribution in [-0.2, 0) is 20.9 Å². The molecule has 4 aromatic rings. The summed E-state index contributed by atoms with van der Waals surface area (Å²) >= 11 is 0. The first-order valence-electron chi connectivity index (χ1n) is 22.1. The summed E-state index contributed by atoms with van der Waals surface area (Å²) in [4.78, 5) is 82.6. The van der Waals surface area contributed by atoms with E-state index in [4.69, 9.17) is 9.72 Å². The molecule has 63 heavy (non-hydrogen) atoms. The number of anilines is 4. The van der Waals surface area contributed by atoms with E-state index in [1.54, 1.807) is 23.2 Å². The highest BCUT2D eigenvalue weighted by Crippen LogP contribution is 2.33. The standard InChI is InChI=1S/C47H54N10O6/c1-29(2)63-37-27-56(28-37)47(62)49-26-32-5-4-31(24-30(32)3)40-14-17-48-46(51-40)50-33-6-8-34(9-7-33)54-20-22-55(23-21-54)35-15-18-53(19-16-35)36-10-11-38-39(25-36)45(61)57(44(38)60)41-12-13-42(58)52-43(41)59/h4-11,14,17,24-25,29,35,37,41H,12-13,15-16,18-23,26-28H2,1-3H3,(H,49,62)(H,48,50,51)(H,52,58,59). The molecule has 0 aliphatic carbocycles. The molecule has 3 aromatic carbocycles. The van der Waals surface area contributed by atoms with E-state index in [9.17, 15) is 24.0 Å². The molecule has 6 amide bonds. The zero-order valence-corrected chi connectivity index (χ0v) is 36.0. The van der Waals surface area contributed by atoms with Crippen LogP contribution in [0.4, 0.5) is 27.8 Å². The van der Waals surface area contributed by atoms with Gasteiger partial charge in [-0.2, -0.15) is 0 Å². The molecule has 4 saturated heterocycles. The van der Waals surface area contributed by atoms with Gasteiger partial charge in [-0.25, -0.2) is 14.8 Å². The van der Waals surface area contributed by atoms with E-state index >= 15 is 0 Å². The van der Waals surface area contributed by atoms with Crippen LogP contribution in [0.1, 0.15) is 71.4 Å². The Morgan fingerprint density at radius 3 is 2.25 bits per heavy atom. The second-order valence-corrected chi connectivity index (χ2v) is 17.4. The van der Waals surface area contributed by atoms with Crippen molar-refractivity contribution in [2.75, 3.05) is 67.5 Å². The van der Waals surface area contributed by atoms with Crippen LogP contribution in [0.2, 0.25) is 0 Å². The highest BCUT2D eigenvalue weighted by atomic mass is 16.5. The molecular formula is C47H54N10O6. The Balaban J connectivity index is 0.728. The quantitative estimate of drug-likeness (QED) is 0.178. The number of carbonyl (C=O) groups excluding carboxylic acids is 5. The summed E-state index contributed by atoms with van der Waals surface area (Å²) in [7, 11) is 0. The molecule has 0 radical (unpaired) electrons. The molecule has 6 heterocycles. The predicted octanol–water partition coefficient (Wildman–Crippen LogP) is 4.71. The minimum Gasteiger partial charge on any atom is -0.372 e. The van der Waals surface area contributed by atoms with E-state index in [0.29, 0.717) is 42.8 Å². The lowest BCUT2D eigenvalue weighted by Gasteiger charge is -2.44. The number of amides is 6. The molecule has 3 N–H and O–H groups in total. The normalized spacial score (nSPS) is 20.0. The Kier molecular flexibility index (Phi) is 11.8. The SMILES string of the molecule is Cc1cc(-c2ccnc(Nc3ccc(N4CCN(C5CCN(c6ccc7c(c6)C(=O)N(C6CCC(=O)NC6=O)C7=O)CC5)CC4)cc3)n2)ccc1CNC(=O)N1CC(OC(C)C)C1. The molecule has 16 heteroatoms. The van der Waals surface area contributed by atoms with Gasteiger partial charge in [-0.3, -0.25) is 34.3 Å². The van der Waals surface area contributed by atoms with E-state index in [1.807, 2.05) is 45.0 Å². The number of nitrogens with zero attached hydrogens (tertiary/aromatic N) is 7. The lowest BCUT2D eigenvalue weighted by molar-refractivity contribution is -0.136. The Bertz CT molecular complexity index is 2400. The fourth-order valence-electron chi connectivity index (χ4n) is 9.37. The van der Waals surface area contributed by atoms with E-state index < -0.39 is 23.8 Å². The van der Waals surface area contributed by atoms with Gasteiger partial charge in [-0.1, -0.05) is 12.1 Å². The zero-order valence-electron chi connectivity index (χ0n) is 36.0. The Hall–Kier alpha value is -6.39. The van der Waals surface area contributed by atoms with Gasteiger partial charge in [0.1, 0.15) is 6.04 Å². The number of hydrogen-bond acceptors (Lipinski definition) is 12. The van der Waals surface area contributed by atoms with Crippen molar-refractivity contribution >= 4 is 52.7 Å². The van der Waals surface area contributed by atoms with Crippen molar-refractivity contribution in [2.24, 2.45) is 0 Å². The van der Waals surface area contributed by atoms with Crippen molar-refractivity contribution in [2.45, 2.75) is 77.3 Å². The molecule has 9 rings (SSSR count). The third kappa shape index (κ3) is 8.95. The van der Waals surface area contributed by atoms with Gasteiger partial charge in [0.2, 0.25) is 17.8 Å². The maximum Gasteiger partial charge on any atom is 0.317 e. The molecule has 0 bridgehead atoms. The molecule has 5 aliphatic heterocycles. The number of hydrogen-bond donors (Lipinski definition) is 3. The number of rotatable bonds is 11. The van der Waals surface area contributed by atoms with Gasteiger partial charge in [-0.15, -0.1) is 0 Å². The fourth-order valence-corrected chi connectivity index (χ4v) is 9.37. The van der Waals surface area contributed by atoms with Gasteiger partial charge in [0.15, 0.2) is 0 Å². The van der Waals surface area contributed by atoms with Crippen LogP contribution in [0, 0.1) is 6.92 Å². The highest BCUT2D eigenvalue weighted by molar-refractivity contribution is 6.23. The first kappa shape index (κ1) is 41.9. The molecule has 328 valence electrons. The maximum absolute atomic E-state index is 13.4. The number of carbonyl (C=O) groups is 5. The first-order valence-corrected chi connectivity index (χ1v) is 22.1. The van der Waals surface area contributed by atoms with Crippen LogP contribution < -0.4 is 25.8 Å². The molecule has 4 fully saturated rings. The van der Waals surface area contributed by atoms with Crippen molar-refractivity contribution in [3.63, 3.8) is 0 Å². The number of nitrogens with one attached hydrogen (secondary N) is 3. The Morgan fingerprint density at radius 2 is 1.54 bits per heavy atom. The van der Waals surface area contributed by atoms with Crippen LogP contribution in [0.25, 0.3) is 11.3 Å². The van der Waals surface area contributed by atoms with Gasteiger partial charge in [0.05, 0.1) is 42.1 Å². The van der Waals surface area contributed by atoms with Crippen LogP contribution in [0.5, 0.6) is 0 Å². The van der Waals surface area contributed by atoms with Crippen molar-refractivity contribution in [1.29, 1.82) is 0 Å². The highest BCUT2D eigenvalue weighted by Gasteiger charge is 2.45. The molecule has 16 nitrogen and oxygen atoms in total. The van der Waals surface area contributed by atoms with Gasteiger partial charge in [0.25, 0.3) is 11.8 Å². The number of piperidine rings is 2. The van der Waals surface area contributed by atoms with E-state index in [2.05, 4.69) is 66.0 Å². The number of imide groups is 2. The summed E-state index contributed by atoms with van der Waals surface area (Å²) in [5.74, 6) is -1.44. The van der Waals surface area contributed by atoms with Gasteiger partial charge in [0, 0.05) is 87.1 Å². The smallest absolute Gasteiger partial charge is 0.317 e. The minimum atomic E-state index is -0.971. The number of likely N-dealkylation sites (tertiary alicyclic amines) is 1. The third-order valence-electron chi connectivity index (χ3n) is 12.9. The van der Waals surface area contributed by atoms with Crippen molar-refractivity contribution in [3.8, 4) is 11.3 Å². The summed E-state index contributed by atoms with van der Waals surface area (Å²) < 4.78 is 5.77. The van der Waals surface area contributed by atoms with Gasteiger partial charge in [-0.05, 0) is 106 Å². The zero-order chi connectivity index (χ0) is 43.8. The monoisotopic (exact) mass is 854 g/mol. The topological polar surface area (TPSA) is 173 Å². The summed E-state index contributed by atoms with van der Waals surface area (Å²) in [5, 5.41) is 8.65. The van der Waals surface area contributed by atoms with Crippen molar-refractivity contribution in [1.82, 2.24) is 35.3 Å². The molecule has 5 aliphatic rings.